The Bertz CT molecular complexity index is 412. The monoisotopic (exact) mass is 272 g/mol. The van der Waals surface area contributed by atoms with Crippen molar-refractivity contribution in [2.24, 2.45) is 5.92 Å². The lowest BCUT2D eigenvalue weighted by Crippen LogP contribution is -2.33. The lowest BCUT2D eigenvalue weighted by molar-refractivity contribution is 0.180. The van der Waals surface area contributed by atoms with Crippen molar-refractivity contribution in [2.75, 3.05) is 33.7 Å². The van der Waals surface area contributed by atoms with E-state index in [0.29, 0.717) is 0 Å². The average Bonchev–Trinajstić information content (AvgIpc) is 2.87. The Kier molecular flexibility index (Phi) is 4.42. The first-order chi connectivity index (χ1) is 9.70. The Labute approximate surface area is 123 Å². The molecule has 2 nitrogen and oxygen atoms in total. The van der Waals surface area contributed by atoms with Gasteiger partial charge in [0.2, 0.25) is 0 Å². The molecule has 1 aliphatic carbocycles. The molecule has 2 heteroatoms. The smallest absolute Gasteiger partial charge is 0.0227 e. The van der Waals surface area contributed by atoms with Crippen LogP contribution in [0.15, 0.2) is 24.3 Å². The van der Waals surface area contributed by atoms with Gasteiger partial charge in [-0.05, 0) is 75.8 Å². The lowest BCUT2D eigenvalue weighted by atomic mass is 9.71. The first kappa shape index (κ1) is 14.1. The Morgan fingerprint density at radius 1 is 1.05 bits per heavy atom. The standard InChI is InChI=1S/C18H28N2/c1-19(2)13-15-5-7-17(8-6-15)18-11-16(12-18)14-20-9-3-4-10-20/h5-8,16,18H,3-4,9-14H2,1-2H3. The lowest BCUT2D eigenvalue weighted by Gasteiger charge is -2.38. The molecule has 1 aromatic carbocycles. The van der Waals surface area contributed by atoms with Crippen LogP contribution in [0, 0.1) is 5.92 Å². The van der Waals surface area contributed by atoms with Gasteiger partial charge in [-0.25, -0.2) is 0 Å². The molecule has 1 saturated heterocycles. The van der Waals surface area contributed by atoms with E-state index in [9.17, 15) is 0 Å². The van der Waals surface area contributed by atoms with Crippen LogP contribution < -0.4 is 0 Å². The van der Waals surface area contributed by atoms with E-state index in [-0.39, 0.29) is 0 Å². The highest BCUT2D eigenvalue weighted by atomic mass is 15.1. The highest BCUT2D eigenvalue weighted by Crippen LogP contribution is 2.42. The molecule has 0 radical (unpaired) electrons. The molecule has 0 bridgehead atoms. The molecule has 20 heavy (non-hydrogen) atoms. The van der Waals surface area contributed by atoms with Crippen molar-refractivity contribution < 1.29 is 0 Å². The Morgan fingerprint density at radius 2 is 1.70 bits per heavy atom. The van der Waals surface area contributed by atoms with E-state index in [4.69, 9.17) is 0 Å². The van der Waals surface area contributed by atoms with Crippen LogP contribution in [0.3, 0.4) is 0 Å². The fourth-order valence-corrected chi connectivity index (χ4v) is 3.75. The van der Waals surface area contributed by atoms with Crippen molar-refractivity contribution in [3.63, 3.8) is 0 Å². The summed E-state index contributed by atoms with van der Waals surface area (Å²) in [5.74, 6) is 1.79. The second-order valence-electron chi connectivity index (χ2n) is 7.02. The van der Waals surface area contributed by atoms with Gasteiger partial charge in [0.15, 0.2) is 0 Å². The molecule has 2 fully saturated rings. The maximum atomic E-state index is 2.67. The zero-order valence-electron chi connectivity index (χ0n) is 13.0. The number of likely N-dealkylation sites (tertiary alicyclic amines) is 1. The molecule has 3 rings (SSSR count). The third-order valence-corrected chi connectivity index (χ3v) is 4.90. The quantitative estimate of drug-likeness (QED) is 0.811. The van der Waals surface area contributed by atoms with Gasteiger partial charge in [0, 0.05) is 13.1 Å². The van der Waals surface area contributed by atoms with Crippen LogP contribution in [0.1, 0.15) is 42.7 Å². The fraction of sp³-hybridized carbons (Fsp3) is 0.667. The van der Waals surface area contributed by atoms with E-state index < -0.39 is 0 Å². The van der Waals surface area contributed by atoms with Crippen molar-refractivity contribution in [1.82, 2.24) is 9.80 Å². The van der Waals surface area contributed by atoms with Crippen LogP contribution >= 0.6 is 0 Å². The fourth-order valence-electron chi connectivity index (χ4n) is 3.75. The Balaban J connectivity index is 1.46. The zero-order chi connectivity index (χ0) is 13.9. The highest BCUT2D eigenvalue weighted by molar-refractivity contribution is 5.27. The topological polar surface area (TPSA) is 6.48 Å². The van der Waals surface area contributed by atoms with Crippen LogP contribution in [0.5, 0.6) is 0 Å². The van der Waals surface area contributed by atoms with Gasteiger partial charge in [-0.1, -0.05) is 24.3 Å². The summed E-state index contributed by atoms with van der Waals surface area (Å²) in [5, 5.41) is 0. The van der Waals surface area contributed by atoms with Gasteiger partial charge in [-0.15, -0.1) is 0 Å². The van der Waals surface area contributed by atoms with E-state index in [2.05, 4.69) is 48.2 Å². The Morgan fingerprint density at radius 3 is 2.30 bits per heavy atom. The predicted molar refractivity (Wildman–Crippen MR) is 85.0 cm³/mol. The Hall–Kier alpha value is -0.860. The van der Waals surface area contributed by atoms with Gasteiger partial charge in [-0.3, -0.25) is 0 Å². The largest absolute Gasteiger partial charge is 0.305 e. The molecular formula is C18H28N2. The number of rotatable bonds is 5. The van der Waals surface area contributed by atoms with Gasteiger partial charge in [-0.2, -0.15) is 0 Å². The van der Waals surface area contributed by atoms with Crippen molar-refractivity contribution in [3.8, 4) is 0 Å². The zero-order valence-corrected chi connectivity index (χ0v) is 13.0. The molecule has 1 saturated carbocycles. The first-order valence-corrected chi connectivity index (χ1v) is 8.16. The molecule has 0 amide bonds. The molecule has 1 heterocycles. The minimum absolute atomic E-state index is 0.830. The van der Waals surface area contributed by atoms with Gasteiger partial charge < -0.3 is 9.80 Å². The highest BCUT2D eigenvalue weighted by Gasteiger charge is 2.31. The molecule has 0 atom stereocenters. The van der Waals surface area contributed by atoms with E-state index in [0.717, 1.165) is 18.4 Å². The maximum absolute atomic E-state index is 2.67. The van der Waals surface area contributed by atoms with Crippen molar-refractivity contribution in [1.29, 1.82) is 0 Å². The molecular weight excluding hydrogens is 244 g/mol. The summed E-state index contributed by atoms with van der Waals surface area (Å²) >= 11 is 0. The van der Waals surface area contributed by atoms with Crippen LogP contribution in [0.25, 0.3) is 0 Å². The molecule has 0 spiro atoms. The predicted octanol–water partition coefficient (Wildman–Crippen LogP) is 3.34. The van der Waals surface area contributed by atoms with Crippen molar-refractivity contribution >= 4 is 0 Å². The molecule has 1 aliphatic heterocycles. The molecule has 0 unspecified atom stereocenters. The van der Waals surface area contributed by atoms with Gasteiger partial charge >= 0.3 is 0 Å². The SMILES string of the molecule is CN(C)Cc1ccc(C2CC(CN3CCCC3)C2)cc1. The molecule has 2 aliphatic rings. The number of benzene rings is 1. The van der Waals surface area contributed by atoms with Crippen LogP contribution in [-0.4, -0.2) is 43.5 Å². The summed E-state index contributed by atoms with van der Waals surface area (Å²) in [4.78, 5) is 4.89. The minimum atomic E-state index is 0.830. The van der Waals surface area contributed by atoms with E-state index in [1.54, 1.807) is 5.56 Å². The van der Waals surface area contributed by atoms with Crippen molar-refractivity contribution in [3.05, 3.63) is 35.4 Å². The van der Waals surface area contributed by atoms with Crippen LogP contribution in [-0.2, 0) is 6.54 Å². The number of hydrogen-bond acceptors (Lipinski definition) is 2. The summed E-state index contributed by atoms with van der Waals surface area (Å²) in [5.41, 5.74) is 2.98. The maximum Gasteiger partial charge on any atom is 0.0227 e. The second kappa shape index (κ2) is 6.28. The van der Waals surface area contributed by atoms with Gasteiger partial charge in [0.05, 0.1) is 0 Å². The van der Waals surface area contributed by atoms with E-state index in [1.807, 2.05) is 0 Å². The van der Waals surface area contributed by atoms with Crippen LogP contribution in [0.2, 0.25) is 0 Å². The molecule has 1 aromatic rings. The summed E-state index contributed by atoms with van der Waals surface area (Å²) in [7, 11) is 4.26. The molecule has 0 N–H and O–H groups in total. The third-order valence-electron chi connectivity index (χ3n) is 4.90. The number of nitrogens with zero attached hydrogens (tertiary/aromatic N) is 2. The van der Waals surface area contributed by atoms with Gasteiger partial charge in [0.25, 0.3) is 0 Å². The number of hydrogen-bond donors (Lipinski definition) is 0. The summed E-state index contributed by atoms with van der Waals surface area (Å²) in [6.45, 7) is 5.10. The van der Waals surface area contributed by atoms with Crippen molar-refractivity contribution in [2.45, 2.75) is 38.1 Å². The third kappa shape index (κ3) is 3.42. The second-order valence-corrected chi connectivity index (χ2v) is 7.02. The first-order valence-electron chi connectivity index (χ1n) is 8.16. The van der Waals surface area contributed by atoms with Gasteiger partial charge in [0.1, 0.15) is 0 Å². The van der Waals surface area contributed by atoms with Crippen LogP contribution in [0.4, 0.5) is 0 Å². The normalized spacial score (nSPS) is 26.9. The minimum Gasteiger partial charge on any atom is -0.305 e. The van der Waals surface area contributed by atoms with E-state index in [1.165, 1.54) is 50.9 Å². The average molecular weight is 272 g/mol. The molecule has 110 valence electrons. The summed E-state index contributed by atoms with van der Waals surface area (Å²) < 4.78 is 0. The van der Waals surface area contributed by atoms with E-state index >= 15 is 0 Å². The summed E-state index contributed by atoms with van der Waals surface area (Å²) in [6, 6.07) is 9.33. The summed E-state index contributed by atoms with van der Waals surface area (Å²) in [6.07, 6.45) is 5.65. The molecule has 0 aromatic heterocycles.